The van der Waals surface area contributed by atoms with E-state index >= 15 is 0 Å². The summed E-state index contributed by atoms with van der Waals surface area (Å²) >= 11 is 1.45. The second-order valence-corrected chi connectivity index (χ2v) is 9.79. The van der Waals surface area contributed by atoms with E-state index in [1.54, 1.807) is 61.7 Å². The fourth-order valence-corrected chi connectivity index (χ4v) is 5.60. The molecule has 1 aliphatic rings. The van der Waals surface area contributed by atoms with E-state index in [4.69, 9.17) is 9.47 Å². The topological polar surface area (TPSA) is 79.2 Å². The van der Waals surface area contributed by atoms with Gasteiger partial charge in [-0.25, -0.2) is 0 Å². The molecule has 1 aromatic heterocycles. The van der Waals surface area contributed by atoms with E-state index in [-0.39, 0.29) is 23.4 Å². The monoisotopic (exact) mass is 489 g/mol. The van der Waals surface area contributed by atoms with Crippen LogP contribution in [0.25, 0.3) is 20.5 Å². The molecule has 180 valence electrons. The van der Waals surface area contributed by atoms with Crippen LogP contribution < -0.4 is 4.74 Å². The summed E-state index contributed by atoms with van der Waals surface area (Å²) in [5, 5.41) is 20.4. The second kappa shape index (κ2) is 10.1. The van der Waals surface area contributed by atoms with Gasteiger partial charge in [0.25, 0.3) is 0 Å². The summed E-state index contributed by atoms with van der Waals surface area (Å²) in [4.78, 5) is 16.8. The molecule has 0 unspecified atom stereocenters. The third-order valence-corrected chi connectivity index (χ3v) is 7.40. The molecule has 0 atom stereocenters. The summed E-state index contributed by atoms with van der Waals surface area (Å²) in [6.07, 6.45) is 1.18. The number of carbonyl (C=O) groups excluding carboxylic acids is 1. The Morgan fingerprint density at radius 3 is 2.43 bits per heavy atom. The standard InChI is InChI=1S/C28H27NO5S/c1-33-14-2-13-29-16-23(17-29)34-22-10-5-18(6-11-22)27(32)26-24-12-9-21(31)15-25(24)35-28(26)19-3-7-20(30)8-4-19/h3-12,15,23,30-31H,2,13-14,16-17H2,1H3. The highest BCUT2D eigenvalue weighted by atomic mass is 32.1. The molecule has 7 heteroatoms. The Kier molecular flexibility index (Phi) is 6.72. The first-order valence-corrected chi connectivity index (χ1v) is 12.4. The van der Waals surface area contributed by atoms with E-state index < -0.39 is 0 Å². The van der Waals surface area contributed by atoms with Crippen LogP contribution in [0.1, 0.15) is 22.3 Å². The van der Waals surface area contributed by atoms with Crippen molar-refractivity contribution in [3.8, 4) is 27.7 Å². The molecule has 5 rings (SSSR count). The van der Waals surface area contributed by atoms with Gasteiger partial charge in [-0.1, -0.05) is 0 Å². The zero-order valence-electron chi connectivity index (χ0n) is 19.4. The number of thiophene rings is 1. The van der Waals surface area contributed by atoms with E-state index in [1.165, 1.54) is 11.3 Å². The Labute approximate surface area is 208 Å². The predicted molar refractivity (Wildman–Crippen MR) is 138 cm³/mol. The Morgan fingerprint density at radius 2 is 1.71 bits per heavy atom. The number of nitrogens with zero attached hydrogens (tertiary/aromatic N) is 1. The van der Waals surface area contributed by atoms with Crippen LogP contribution in [-0.2, 0) is 4.74 Å². The van der Waals surface area contributed by atoms with E-state index in [1.807, 2.05) is 12.1 Å². The number of benzene rings is 3. The van der Waals surface area contributed by atoms with Crippen molar-refractivity contribution in [3.05, 3.63) is 77.9 Å². The van der Waals surface area contributed by atoms with Crippen molar-refractivity contribution in [1.82, 2.24) is 4.90 Å². The lowest BCUT2D eigenvalue weighted by Gasteiger charge is -2.39. The van der Waals surface area contributed by atoms with Crippen molar-refractivity contribution in [1.29, 1.82) is 0 Å². The van der Waals surface area contributed by atoms with Gasteiger partial charge in [0, 0.05) is 59.4 Å². The first kappa shape index (κ1) is 23.4. The maximum absolute atomic E-state index is 13.7. The van der Waals surface area contributed by atoms with Gasteiger partial charge in [-0.15, -0.1) is 11.3 Å². The average Bonchev–Trinajstić information content (AvgIpc) is 3.21. The van der Waals surface area contributed by atoms with Crippen LogP contribution in [0.5, 0.6) is 17.2 Å². The van der Waals surface area contributed by atoms with Gasteiger partial charge in [0.1, 0.15) is 23.4 Å². The molecular formula is C28H27NO5S. The summed E-state index contributed by atoms with van der Waals surface area (Å²) in [5.41, 5.74) is 2.00. The molecule has 0 spiro atoms. The molecule has 6 nitrogen and oxygen atoms in total. The highest BCUT2D eigenvalue weighted by Crippen LogP contribution is 2.41. The number of ether oxygens (including phenoxy) is 2. The summed E-state index contributed by atoms with van der Waals surface area (Å²) in [7, 11) is 1.72. The summed E-state index contributed by atoms with van der Waals surface area (Å²) in [6.45, 7) is 3.58. The van der Waals surface area contributed by atoms with Crippen molar-refractivity contribution >= 4 is 27.2 Å². The lowest BCUT2D eigenvalue weighted by molar-refractivity contribution is 0.0153. The van der Waals surface area contributed by atoms with E-state index in [0.717, 1.165) is 58.9 Å². The number of carbonyl (C=O) groups is 1. The van der Waals surface area contributed by atoms with Gasteiger partial charge in [-0.05, 0) is 78.7 Å². The van der Waals surface area contributed by atoms with E-state index in [9.17, 15) is 15.0 Å². The molecule has 1 aliphatic heterocycles. The Hall–Kier alpha value is -3.39. The molecule has 0 bridgehead atoms. The van der Waals surface area contributed by atoms with Gasteiger partial charge in [0.15, 0.2) is 5.78 Å². The van der Waals surface area contributed by atoms with Crippen LogP contribution >= 0.6 is 11.3 Å². The number of rotatable bonds is 9. The van der Waals surface area contributed by atoms with Crippen molar-refractivity contribution in [3.63, 3.8) is 0 Å². The number of methoxy groups -OCH3 is 1. The van der Waals surface area contributed by atoms with Crippen LogP contribution in [0.4, 0.5) is 0 Å². The van der Waals surface area contributed by atoms with Gasteiger partial charge < -0.3 is 19.7 Å². The minimum atomic E-state index is -0.0930. The minimum Gasteiger partial charge on any atom is -0.508 e. The van der Waals surface area contributed by atoms with Gasteiger partial charge in [0.05, 0.1) is 0 Å². The number of phenols is 2. The van der Waals surface area contributed by atoms with Crippen LogP contribution in [0, 0.1) is 0 Å². The zero-order chi connectivity index (χ0) is 24.4. The molecule has 4 aromatic rings. The van der Waals surface area contributed by atoms with Gasteiger partial charge in [0.2, 0.25) is 0 Å². The minimum absolute atomic E-state index is 0.0930. The molecule has 1 fully saturated rings. The van der Waals surface area contributed by atoms with Gasteiger partial charge in [-0.3, -0.25) is 9.69 Å². The van der Waals surface area contributed by atoms with Crippen LogP contribution in [-0.4, -0.2) is 60.4 Å². The number of hydrogen-bond donors (Lipinski definition) is 2. The molecule has 0 amide bonds. The first-order valence-electron chi connectivity index (χ1n) is 11.6. The van der Waals surface area contributed by atoms with Gasteiger partial charge in [-0.2, -0.15) is 0 Å². The van der Waals surface area contributed by atoms with Crippen molar-refractivity contribution in [2.75, 3.05) is 33.4 Å². The summed E-state index contributed by atoms with van der Waals surface area (Å²) in [6, 6.07) is 19.2. The third kappa shape index (κ3) is 5.03. The number of hydrogen-bond acceptors (Lipinski definition) is 7. The van der Waals surface area contributed by atoms with Crippen LogP contribution in [0.15, 0.2) is 66.7 Å². The predicted octanol–water partition coefficient (Wildman–Crippen LogP) is 5.31. The molecule has 0 radical (unpaired) electrons. The number of fused-ring (bicyclic) bond motifs is 1. The summed E-state index contributed by atoms with van der Waals surface area (Å²) < 4.78 is 12.0. The third-order valence-electron chi connectivity index (χ3n) is 6.20. The van der Waals surface area contributed by atoms with Crippen LogP contribution in [0.3, 0.4) is 0 Å². The number of phenolic OH excluding ortho intramolecular Hbond substituents is 2. The molecular weight excluding hydrogens is 462 g/mol. The van der Waals surface area contributed by atoms with E-state index in [2.05, 4.69) is 4.90 Å². The second-order valence-electron chi connectivity index (χ2n) is 8.73. The quantitative estimate of drug-likeness (QED) is 0.245. The molecule has 2 heterocycles. The fourth-order valence-electron chi connectivity index (χ4n) is 4.36. The lowest BCUT2D eigenvalue weighted by atomic mass is 9.97. The average molecular weight is 490 g/mol. The number of likely N-dealkylation sites (tertiary alicyclic amines) is 1. The van der Waals surface area contributed by atoms with Crippen molar-refractivity contribution in [2.24, 2.45) is 0 Å². The highest BCUT2D eigenvalue weighted by molar-refractivity contribution is 7.22. The normalized spacial score (nSPS) is 14.2. The Balaban J connectivity index is 1.35. The molecule has 35 heavy (non-hydrogen) atoms. The molecule has 3 aromatic carbocycles. The Bertz CT molecular complexity index is 1320. The lowest BCUT2D eigenvalue weighted by Crippen LogP contribution is -2.53. The fraction of sp³-hybridized carbons (Fsp3) is 0.250. The smallest absolute Gasteiger partial charge is 0.195 e. The molecule has 0 aliphatic carbocycles. The molecule has 1 saturated heterocycles. The number of ketones is 1. The van der Waals surface area contributed by atoms with Crippen LogP contribution in [0.2, 0.25) is 0 Å². The summed E-state index contributed by atoms with van der Waals surface area (Å²) in [5.74, 6) is 0.983. The first-order chi connectivity index (χ1) is 17.0. The largest absolute Gasteiger partial charge is 0.508 e. The SMILES string of the molecule is COCCCN1CC(Oc2ccc(C(=O)c3c(-c4ccc(O)cc4)sc4cc(O)ccc34)cc2)C1. The Morgan fingerprint density at radius 1 is 1.00 bits per heavy atom. The maximum Gasteiger partial charge on any atom is 0.195 e. The van der Waals surface area contributed by atoms with Crippen molar-refractivity contribution < 1.29 is 24.5 Å². The number of aromatic hydroxyl groups is 2. The van der Waals surface area contributed by atoms with Crippen molar-refractivity contribution in [2.45, 2.75) is 12.5 Å². The molecule has 2 N–H and O–H groups in total. The van der Waals surface area contributed by atoms with Gasteiger partial charge >= 0.3 is 0 Å². The maximum atomic E-state index is 13.7. The molecule has 0 saturated carbocycles. The highest BCUT2D eigenvalue weighted by Gasteiger charge is 2.28. The van der Waals surface area contributed by atoms with E-state index in [0.29, 0.717) is 11.1 Å². The zero-order valence-corrected chi connectivity index (χ0v) is 20.3.